The molecule has 2 unspecified atom stereocenters. The van der Waals surface area contributed by atoms with E-state index in [1.807, 2.05) is 0 Å². The molecule has 1 fully saturated rings. The molecule has 0 amide bonds. The molecule has 1 rings (SSSR count). The number of nitrogens with one attached hydrogen (secondary N) is 1. The van der Waals surface area contributed by atoms with Crippen LogP contribution in [0.4, 0.5) is 0 Å². The van der Waals surface area contributed by atoms with Crippen molar-refractivity contribution in [3.63, 3.8) is 0 Å². The van der Waals surface area contributed by atoms with Gasteiger partial charge in [-0.25, -0.2) is 0 Å². The summed E-state index contributed by atoms with van der Waals surface area (Å²) in [6, 6.07) is 1.20. The average molecular weight is 233 g/mol. The van der Waals surface area contributed by atoms with Gasteiger partial charge in [-0.05, 0) is 13.8 Å². The first-order valence-electron chi connectivity index (χ1n) is 4.39. The lowest BCUT2D eigenvalue weighted by Gasteiger charge is -2.35. The van der Waals surface area contributed by atoms with Crippen LogP contribution in [0.1, 0.15) is 13.8 Å². The molecule has 2 nitrogen and oxygen atoms in total. The summed E-state index contributed by atoms with van der Waals surface area (Å²) >= 11 is 3.39. The van der Waals surface area contributed by atoms with Crippen LogP contribution in [0.15, 0.2) is 11.1 Å². The topological polar surface area (TPSA) is 15.3 Å². The van der Waals surface area contributed by atoms with E-state index in [0.717, 1.165) is 24.1 Å². The fourth-order valence-electron chi connectivity index (χ4n) is 1.81. The standard InChI is InChI=1S/C9H17BrN2/c1-7(10)4-12-5-8(2)11-9(3)6-12/h8-9,11H,1,4-6H2,2-3H3. The molecule has 1 aliphatic heterocycles. The highest BCUT2D eigenvalue weighted by Crippen LogP contribution is 2.09. The predicted octanol–water partition coefficient (Wildman–Crippen LogP) is 1.58. The average Bonchev–Trinajstić information content (AvgIpc) is 1.81. The van der Waals surface area contributed by atoms with Crippen LogP contribution >= 0.6 is 15.9 Å². The lowest BCUT2D eigenvalue weighted by atomic mass is 10.1. The monoisotopic (exact) mass is 232 g/mol. The van der Waals surface area contributed by atoms with Gasteiger partial charge < -0.3 is 5.32 Å². The third kappa shape index (κ3) is 3.25. The quantitative estimate of drug-likeness (QED) is 0.778. The van der Waals surface area contributed by atoms with Crippen molar-refractivity contribution in [1.29, 1.82) is 0 Å². The minimum Gasteiger partial charge on any atom is -0.309 e. The summed E-state index contributed by atoms with van der Waals surface area (Å²) in [5.74, 6) is 0. The Kier molecular flexibility index (Phi) is 3.75. The van der Waals surface area contributed by atoms with Crippen molar-refractivity contribution in [3.05, 3.63) is 11.1 Å². The molecule has 1 N–H and O–H groups in total. The first-order chi connectivity index (χ1) is 5.58. The van der Waals surface area contributed by atoms with Crippen molar-refractivity contribution in [3.8, 4) is 0 Å². The Morgan fingerprint density at radius 3 is 2.42 bits per heavy atom. The minimum atomic E-state index is 0.598. The maximum atomic E-state index is 3.85. The second-order valence-electron chi connectivity index (χ2n) is 3.68. The third-order valence-corrected chi connectivity index (χ3v) is 2.28. The van der Waals surface area contributed by atoms with E-state index in [0.29, 0.717) is 12.1 Å². The molecule has 1 saturated heterocycles. The maximum absolute atomic E-state index is 3.85. The SMILES string of the molecule is C=C(Br)CN1CC(C)NC(C)C1. The highest BCUT2D eigenvalue weighted by Gasteiger charge is 2.20. The molecule has 12 heavy (non-hydrogen) atoms. The highest BCUT2D eigenvalue weighted by molar-refractivity contribution is 9.11. The summed E-state index contributed by atoms with van der Waals surface area (Å²) in [6.45, 7) is 11.5. The zero-order valence-electron chi connectivity index (χ0n) is 7.81. The van der Waals surface area contributed by atoms with Gasteiger partial charge in [0.25, 0.3) is 0 Å². The molecule has 0 aliphatic carbocycles. The summed E-state index contributed by atoms with van der Waals surface area (Å²) < 4.78 is 1.07. The number of nitrogens with zero attached hydrogens (tertiary/aromatic N) is 1. The van der Waals surface area contributed by atoms with Crippen molar-refractivity contribution < 1.29 is 0 Å². The Morgan fingerprint density at radius 1 is 1.50 bits per heavy atom. The van der Waals surface area contributed by atoms with Crippen molar-refractivity contribution in [2.75, 3.05) is 19.6 Å². The van der Waals surface area contributed by atoms with E-state index >= 15 is 0 Å². The fraction of sp³-hybridized carbons (Fsp3) is 0.778. The Hall–Kier alpha value is 0.140. The van der Waals surface area contributed by atoms with E-state index in [1.165, 1.54) is 0 Å². The number of piperazine rings is 1. The van der Waals surface area contributed by atoms with Crippen LogP contribution in [0.25, 0.3) is 0 Å². The molecule has 1 heterocycles. The number of hydrogen-bond acceptors (Lipinski definition) is 2. The van der Waals surface area contributed by atoms with Crippen LogP contribution in [0.2, 0.25) is 0 Å². The van der Waals surface area contributed by atoms with Crippen molar-refractivity contribution in [2.45, 2.75) is 25.9 Å². The van der Waals surface area contributed by atoms with E-state index in [1.54, 1.807) is 0 Å². The van der Waals surface area contributed by atoms with Crippen LogP contribution in [-0.2, 0) is 0 Å². The first-order valence-corrected chi connectivity index (χ1v) is 5.19. The molecule has 0 aromatic heterocycles. The number of rotatable bonds is 2. The largest absolute Gasteiger partial charge is 0.309 e. The van der Waals surface area contributed by atoms with E-state index < -0.39 is 0 Å². The van der Waals surface area contributed by atoms with E-state index in [4.69, 9.17) is 0 Å². The Morgan fingerprint density at radius 2 is 2.00 bits per heavy atom. The fourth-order valence-corrected chi connectivity index (χ4v) is 2.17. The Labute approximate surface area is 83.1 Å². The summed E-state index contributed by atoms with van der Waals surface area (Å²) in [6.07, 6.45) is 0. The smallest absolute Gasteiger partial charge is 0.0295 e. The zero-order chi connectivity index (χ0) is 9.14. The van der Waals surface area contributed by atoms with Gasteiger partial charge in [-0.3, -0.25) is 4.90 Å². The molecule has 0 aromatic rings. The summed E-state index contributed by atoms with van der Waals surface area (Å²) in [7, 11) is 0. The predicted molar refractivity (Wildman–Crippen MR) is 56.6 cm³/mol. The number of hydrogen-bond donors (Lipinski definition) is 1. The Bertz CT molecular complexity index is 160. The van der Waals surface area contributed by atoms with Gasteiger partial charge in [-0.2, -0.15) is 0 Å². The lowest BCUT2D eigenvalue weighted by molar-refractivity contribution is 0.189. The van der Waals surface area contributed by atoms with Gasteiger partial charge in [0, 0.05) is 36.2 Å². The Balaban J connectivity index is 2.38. The van der Waals surface area contributed by atoms with Gasteiger partial charge in [-0.1, -0.05) is 22.5 Å². The van der Waals surface area contributed by atoms with Crippen LogP contribution in [-0.4, -0.2) is 36.6 Å². The van der Waals surface area contributed by atoms with Gasteiger partial charge in [0.05, 0.1) is 0 Å². The molecule has 0 spiro atoms. The first kappa shape index (κ1) is 10.2. The third-order valence-electron chi connectivity index (χ3n) is 2.03. The van der Waals surface area contributed by atoms with Gasteiger partial charge >= 0.3 is 0 Å². The molecular formula is C9H17BrN2. The molecule has 70 valence electrons. The van der Waals surface area contributed by atoms with Gasteiger partial charge in [-0.15, -0.1) is 0 Å². The van der Waals surface area contributed by atoms with E-state index in [2.05, 4.69) is 46.6 Å². The summed E-state index contributed by atoms with van der Waals surface area (Å²) in [5, 5.41) is 3.50. The molecule has 0 saturated carbocycles. The van der Waals surface area contributed by atoms with Crippen molar-refractivity contribution in [1.82, 2.24) is 10.2 Å². The zero-order valence-corrected chi connectivity index (χ0v) is 9.39. The van der Waals surface area contributed by atoms with E-state index in [-0.39, 0.29) is 0 Å². The molecular weight excluding hydrogens is 216 g/mol. The lowest BCUT2D eigenvalue weighted by Crippen LogP contribution is -2.54. The second-order valence-corrected chi connectivity index (χ2v) is 4.80. The summed E-state index contributed by atoms with van der Waals surface area (Å²) in [4.78, 5) is 2.42. The van der Waals surface area contributed by atoms with Crippen LogP contribution in [0.3, 0.4) is 0 Å². The molecule has 0 bridgehead atoms. The molecule has 2 atom stereocenters. The number of halogens is 1. The molecule has 0 aromatic carbocycles. The second kappa shape index (κ2) is 4.40. The highest BCUT2D eigenvalue weighted by atomic mass is 79.9. The normalized spacial score (nSPS) is 31.9. The van der Waals surface area contributed by atoms with Crippen LogP contribution < -0.4 is 5.32 Å². The molecule has 0 radical (unpaired) electrons. The van der Waals surface area contributed by atoms with Crippen LogP contribution in [0, 0.1) is 0 Å². The van der Waals surface area contributed by atoms with Crippen molar-refractivity contribution >= 4 is 15.9 Å². The summed E-state index contributed by atoms with van der Waals surface area (Å²) in [5.41, 5.74) is 0. The van der Waals surface area contributed by atoms with E-state index in [9.17, 15) is 0 Å². The minimum absolute atomic E-state index is 0.598. The maximum Gasteiger partial charge on any atom is 0.0295 e. The molecule has 3 heteroatoms. The van der Waals surface area contributed by atoms with Gasteiger partial charge in [0.2, 0.25) is 0 Å². The molecule has 1 aliphatic rings. The van der Waals surface area contributed by atoms with Crippen molar-refractivity contribution in [2.24, 2.45) is 0 Å². The van der Waals surface area contributed by atoms with Gasteiger partial charge in [0.15, 0.2) is 0 Å². The van der Waals surface area contributed by atoms with Crippen LogP contribution in [0.5, 0.6) is 0 Å². The van der Waals surface area contributed by atoms with Gasteiger partial charge in [0.1, 0.15) is 0 Å².